The van der Waals surface area contributed by atoms with Gasteiger partial charge in [-0.05, 0) is 52.2 Å². The number of rotatable bonds is 7. The third kappa shape index (κ3) is 5.57. The number of unbranched alkanes of at least 4 members (excludes halogenated alkanes) is 1. The molecule has 0 saturated carbocycles. The summed E-state index contributed by atoms with van der Waals surface area (Å²) in [7, 11) is 3.91. The van der Waals surface area contributed by atoms with E-state index < -0.39 is 0 Å². The van der Waals surface area contributed by atoms with E-state index in [1.807, 2.05) is 14.0 Å². The number of aryl methyl sites for hydroxylation is 1. The minimum atomic E-state index is 0.803. The molecule has 2 rings (SSSR count). The predicted octanol–water partition coefficient (Wildman–Crippen LogP) is 2.33. The quantitative estimate of drug-likeness (QED) is 0.475. The zero-order valence-electron chi connectivity index (χ0n) is 14.1. The lowest BCUT2D eigenvalue weighted by Crippen LogP contribution is -2.39. The van der Waals surface area contributed by atoms with Crippen molar-refractivity contribution >= 4 is 17.3 Å². The zero-order valence-corrected chi connectivity index (χ0v) is 15.0. The van der Waals surface area contributed by atoms with Gasteiger partial charge in [-0.3, -0.25) is 4.99 Å². The van der Waals surface area contributed by atoms with Crippen LogP contribution in [-0.2, 0) is 6.54 Å². The van der Waals surface area contributed by atoms with Crippen molar-refractivity contribution in [2.75, 3.05) is 40.3 Å². The molecule has 0 spiro atoms. The highest BCUT2D eigenvalue weighted by Gasteiger charge is 2.11. The number of aromatic nitrogens is 1. The summed E-state index contributed by atoms with van der Waals surface area (Å²) in [5.74, 6) is 0.951. The second-order valence-electron chi connectivity index (χ2n) is 5.94. The molecule has 22 heavy (non-hydrogen) atoms. The Bertz CT molecular complexity index is 465. The molecule has 1 N–H and O–H groups in total. The van der Waals surface area contributed by atoms with E-state index >= 15 is 0 Å². The van der Waals surface area contributed by atoms with Crippen LogP contribution in [0.4, 0.5) is 0 Å². The molecule has 0 aromatic carbocycles. The predicted molar refractivity (Wildman–Crippen MR) is 94.6 cm³/mol. The maximum Gasteiger partial charge on any atom is 0.193 e. The summed E-state index contributed by atoms with van der Waals surface area (Å²) in [5.41, 5.74) is 1.11. The molecule has 1 aliphatic heterocycles. The van der Waals surface area contributed by atoms with Crippen LogP contribution in [-0.4, -0.2) is 61.0 Å². The average Bonchev–Trinajstić information content (AvgIpc) is 3.14. The van der Waals surface area contributed by atoms with Crippen molar-refractivity contribution in [3.63, 3.8) is 0 Å². The topological polar surface area (TPSA) is 43.8 Å². The Balaban J connectivity index is 1.63. The highest BCUT2D eigenvalue weighted by molar-refractivity contribution is 7.09. The maximum absolute atomic E-state index is 4.51. The standard InChI is InChI=1S/C16H29N5S/c1-14-19-15(13-22-14)12-20(3)16(17-2)18-8-4-5-9-21-10-6-7-11-21/h13H,4-12H2,1-3H3,(H,17,18). The number of thiazole rings is 1. The Kier molecular flexibility index (Phi) is 7.12. The zero-order chi connectivity index (χ0) is 15.8. The molecule has 1 aliphatic rings. The van der Waals surface area contributed by atoms with Crippen LogP contribution in [0.3, 0.4) is 0 Å². The van der Waals surface area contributed by atoms with Crippen LogP contribution in [0.5, 0.6) is 0 Å². The third-order valence-corrected chi connectivity index (χ3v) is 4.84. The van der Waals surface area contributed by atoms with E-state index in [0.29, 0.717) is 0 Å². The molecule has 0 unspecified atom stereocenters. The molecule has 0 aliphatic carbocycles. The summed E-state index contributed by atoms with van der Waals surface area (Å²) in [6.07, 6.45) is 5.22. The lowest BCUT2D eigenvalue weighted by molar-refractivity contribution is 0.330. The van der Waals surface area contributed by atoms with Gasteiger partial charge in [-0.25, -0.2) is 4.98 Å². The molecule has 1 aromatic rings. The molecule has 0 bridgehead atoms. The van der Waals surface area contributed by atoms with Gasteiger partial charge in [0, 0.05) is 26.0 Å². The van der Waals surface area contributed by atoms with Crippen molar-refractivity contribution < 1.29 is 0 Å². The summed E-state index contributed by atoms with van der Waals surface area (Å²) >= 11 is 1.70. The van der Waals surface area contributed by atoms with Gasteiger partial charge < -0.3 is 15.1 Å². The van der Waals surface area contributed by atoms with E-state index in [0.717, 1.165) is 29.8 Å². The minimum Gasteiger partial charge on any atom is -0.356 e. The van der Waals surface area contributed by atoms with Crippen LogP contribution >= 0.6 is 11.3 Å². The molecule has 0 radical (unpaired) electrons. The van der Waals surface area contributed by atoms with Crippen molar-refractivity contribution in [2.24, 2.45) is 4.99 Å². The van der Waals surface area contributed by atoms with Crippen LogP contribution < -0.4 is 5.32 Å². The van der Waals surface area contributed by atoms with Crippen molar-refractivity contribution in [1.29, 1.82) is 0 Å². The summed E-state index contributed by atoms with van der Waals surface area (Å²) < 4.78 is 0. The Morgan fingerprint density at radius 1 is 1.41 bits per heavy atom. The fraction of sp³-hybridized carbons (Fsp3) is 0.750. The number of likely N-dealkylation sites (tertiary alicyclic amines) is 1. The van der Waals surface area contributed by atoms with Crippen LogP contribution in [0.1, 0.15) is 36.4 Å². The number of guanidine groups is 1. The van der Waals surface area contributed by atoms with Gasteiger partial charge in [-0.15, -0.1) is 11.3 Å². The second kappa shape index (κ2) is 9.10. The van der Waals surface area contributed by atoms with Gasteiger partial charge in [0.25, 0.3) is 0 Å². The van der Waals surface area contributed by atoms with Crippen LogP contribution in [0, 0.1) is 6.92 Å². The highest BCUT2D eigenvalue weighted by atomic mass is 32.1. The first-order valence-electron chi connectivity index (χ1n) is 8.24. The van der Waals surface area contributed by atoms with Gasteiger partial charge >= 0.3 is 0 Å². The van der Waals surface area contributed by atoms with Crippen molar-refractivity contribution in [1.82, 2.24) is 20.1 Å². The Morgan fingerprint density at radius 3 is 2.82 bits per heavy atom. The SMILES string of the molecule is CN=C(NCCCCN1CCCC1)N(C)Cc1csc(C)n1. The summed E-state index contributed by atoms with van der Waals surface area (Å²) in [5, 5.41) is 6.69. The van der Waals surface area contributed by atoms with Crippen molar-refractivity contribution in [2.45, 2.75) is 39.2 Å². The van der Waals surface area contributed by atoms with Gasteiger partial charge in [0.15, 0.2) is 5.96 Å². The van der Waals surface area contributed by atoms with Crippen molar-refractivity contribution in [3.05, 3.63) is 16.1 Å². The minimum absolute atomic E-state index is 0.803. The van der Waals surface area contributed by atoms with E-state index in [9.17, 15) is 0 Å². The van der Waals surface area contributed by atoms with E-state index in [1.165, 1.54) is 45.3 Å². The summed E-state index contributed by atoms with van der Waals surface area (Å²) in [6.45, 7) is 7.67. The van der Waals surface area contributed by atoms with Gasteiger partial charge in [-0.2, -0.15) is 0 Å². The van der Waals surface area contributed by atoms with E-state index in [2.05, 4.69) is 37.5 Å². The third-order valence-electron chi connectivity index (χ3n) is 4.02. The van der Waals surface area contributed by atoms with Crippen LogP contribution in [0.2, 0.25) is 0 Å². The molecular weight excluding hydrogens is 294 g/mol. The second-order valence-corrected chi connectivity index (χ2v) is 7.01. The van der Waals surface area contributed by atoms with Crippen molar-refractivity contribution in [3.8, 4) is 0 Å². The highest BCUT2D eigenvalue weighted by Crippen LogP contribution is 2.10. The Morgan fingerprint density at radius 2 is 2.18 bits per heavy atom. The summed E-state index contributed by atoms with van der Waals surface area (Å²) in [6, 6.07) is 0. The lowest BCUT2D eigenvalue weighted by atomic mass is 10.3. The smallest absolute Gasteiger partial charge is 0.193 e. The van der Waals surface area contributed by atoms with Crippen LogP contribution in [0.15, 0.2) is 10.4 Å². The first-order chi connectivity index (χ1) is 10.7. The Labute approximate surface area is 138 Å². The van der Waals surface area contributed by atoms with E-state index in [1.54, 1.807) is 11.3 Å². The van der Waals surface area contributed by atoms with Gasteiger partial charge in [0.1, 0.15) is 0 Å². The molecule has 124 valence electrons. The molecule has 6 heteroatoms. The fourth-order valence-electron chi connectivity index (χ4n) is 2.85. The van der Waals surface area contributed by atoms with Gasteiger partial charge in [0.05, 0.1) is 17.2 Å². The molecule has 1 fully saturated rings. The number of hydrogen-bond acceptors (Lipinski definition) is 4. The molecule has 2 heterocycles. The van der Waals surface area contributed by atoms with Crippen LogP contribution in [0.25, 0.3) is 0 Å². The fourth-order valence-corrected chi connectivity index (χ4v) is 3.45. The molecule has 1 aromatic heterocycles. The average molecular weight is 324 g/mol. The molecule has 0 amide bonds. The molecular formula is C16H29N5S. The molecule has 1 saturated heterocycles. The normalized spacial score (nSPS) is 16.2. The first-order valence-corrected chi connectivity index (χ1v) is 9.12. The number of aliphatic imine (C=N–C) groups is 1. The van der Waals surface area contributed by atoms with Gasteiger partial charge in [-0.1, -0.05) is 0 Å². The van der Waals surface area contributed by atoms with Gasteiger partial charge in [0.2, 0.25) is 0 Å². The maximum atomic E-state index is 4.51. The number of nitrogens with one attached hydrogen (secondary N) is 1. The number of hydrogen-bond donors (Lipinski definition) is 1. The first kappa shape index (κ1) is 17.2. The lowest BCUT2D eigenvalue weighted by Gasteiger charge is -2.21. The summed E-state index contributed by atoms with van der Waals surface area (Å²) in [4.78, 5) is 13.6. The monoisotopic (exact) mass is 323 g/mol. The number of nitrogens with zero attached hydrogens (tertiary/aromatic N) is 4. The Hall–Kier alpha value is -1.14. The molecule has 0 atom stereocenters. The van der Waals surface area contributed by atoms with E-state index in [4.69, 9.17) is 0 Å². The van der Waals surface area contributed by atoms with E-state index in [-0.39, 0.29) is 0 Å². The largest absolute Gasteiger partial charge is 0.356 e. The molecule has 5 nitrogen and oxygen atoms in total.